The maximum absolute atomic E-state index is 12.4. The Morgan fingerprint density at radius 1 is 1.15 bits per heavy atom. The fourth-order valence-electron chi connectivity index (χ4n) is 2.69. The average Bonchev–Trinajstić information content (AvgIpc) is 3.13. The van der Waals surface area contributed by atoms with Crippen LogP contribution < -0.4 is 0 Å². The predicted octanol–water partition coefficient (Wildman–Crippen LogP) is 4.15. The molecular formula is C20H22N4O2S. The molecule has 0 unspecified atom stereocenters. The number of benzene rings is 1. The minimum atomic E-state index is -0.316. The van der Waals surface area contributed by atoms with Crippen LogP contribution in [0.15, 0.2) is 60.0 Å². The van der Waals surface area contributed by atoms with E-state index in [2.05, 4.69) is 22.1 Å². The van der Waals surface area contributed by atoms with Crippen molar-refractivity contribution in [3.8, 4) is 17.1 Å². The molecule has 0 N–H and O–H groups in total. The van der Waals surface area contributed by atoms with Crippen molar-refractivity contribution in [1.29, 1.82) is 0 Å². The molecule has 27 heavy (non-hydrogen) atoms. The summed E-state index contributed by atoms with van der Waals surface area (Å²) in [4.78, 5) is 16.5. The van der Waals surface area contributed by atoms with Gasteiger partial charge in [0, 0.05) is 23.6 Å². The summed E-state index contributed by atoms with van der Waals surface area (Å²) in [6.45, 7) is 4.24. The van der Waals surface area contributed by atoms with E-state index < -0.39 is 0 Å². The molecule has 0 saturated heterocycles. The molecule has 1 atom stereocenters. The number of carbonyl (C=O) groups excluding carboxylic acids is 1. The maximum atomic E-state index is 12.4. The summed E-state index contributed by atoms with van der Waals surface area (Å²) in [5.74, 6) is 0.478. The van der Waals surface area contributed by atoms with Gasteiger partial charge in [0.2, 0.25) is 0 Å². The van der Waals surface area contributed by atoms with Gasteiger partial charge >= 0.3 is 5.97 Å². The first kappa shape index (κ1) is 19.1. The summed E-state index contributed by atoms with van der Waals surface area (Å²) < 4.78 is 7.20. The molecule has 140 valence electrons. The van der Waals surface area contributed by atoms with Crippen molar-refractivity contribution in [1.82, 2.24) is 19.7 Å². The first-order chi connectivity index (χ1) is 13.2. The Hall–Kier alpha value is -2.67. The molecule has 0 aliphatic heterocycles. The standard InChI is InChI=1S/C20H22N4O2S/c1-3-9-17(19(25)26-4-2)27-20-23-22-18(15-10-8-13-21-14-15)24(20)16-11-6-5-7-12-16/h5-8,10-14,17H,3-4,9H2,1-2H3/t17-/m0/s1. The van der Waals surface area contributed by atoms with Gasteiger partial charge in [-0.25, -0.2) is 0 Å². The normalized spacial score (nSPS) is 11.9. The molecule has 0 bridgehead atoms. The van der Waals surface area contributed by atoms with Crippen LogP contribution in [0.3, 0.4) is 0 Å². The van der Waals surface area contributed by atoms with Gasteiger partial charge in [-0.3, -0.25) is 14.3 Å². The molecule has 6 nitrogen and oxygen atoms in total. The number of rotatable bonds is 8. The van der Waals surface area contributed by atoms with Gasteiger partial charge in [-0.05, 0) is 37.6 Å². The Balaban J connectivity index is 2.02. The van der Waals surface area contributed by atoms with Crippen molar-refractivity contribution < 1.29 is 9.53 Å². The number of thioether (sulfide) groups is 1. The van der Waals surface area contributed by atoms with E-state index in [1.807, 2.05) is 54.0 Å². The zero-order valence-electron chi connectivity index (χ0n) is 15.4. The minimum Gasteiger partial charge on any atom is -0.465 e. The van der Waals surface area contributed by atoms with E-state index in [9.17, 15) is 4.79 Å². The largest absolute Gasteiger partial charge is 0.465 e. The van der Waals surface area contributed by atoms with Crippen molar-refractivity contribution in [3.63, 3.8) is 0 Å². The number of para-hydroxylation sites is 1. The Kier molecular flexibility index (Phi) is 6.59. The molecule has 0 amide bonds. The molecule has 0 fully saturated rings. The smallest absolute Gasteiger partial charge is 0.319 e. The van der Waals surface area contributed by atoms with Crippen molar-refractivity contribution >= 4 is 17.7 Å². The number of esters is 1. The molecule has 3 aromatic rings. The Morgan fingerprint density at radius 2 is 1.96 bits per heavy atom. The Bertz CT molecular complexity index is 868. The second-order valence-corrected chi connectivity index (χ2v) is 7.04. The number of hydrogen-bond donors (Lipinski definition) is 0. The van der Waals surface area contributed by atoms with Crippen molar-refractivity contribution in [2.75, 3.05) is 6.61 Å². The Morgan fingerprint density at radius 3 is 2.63 bits per heavy atom. The lowest BCUT2D eigenvalue weighted by Gasteiger charge is -2.15. The van der Waals surface area contributed by atoms with Gasteiger partial charge in [0.05, 0.1) is 6.61 Å². The van der Waals surface area contributed by atoms with Crippen LogP contribution in [-0.4, -0.2) is 37.6 Å². The molecule has 0 saturated carbocycles. The Labute approximate surface area is 163 Å². The van der Waals surface area contributed by atoms with E-state index in [1.165, 1.54) is 11.8 Å². The molecule has 0 aliphatic rings. The van der Waals surface area contributed by atoms with Crippen LogP contribution in [0.4, 0.5) is 0 Å². The van der Waals surface area contributed by atoms with Crippen LogP contribution in [0, 0.1) is 0 Å². The summed E-state index contributed by atoms with van der Waals surface area (Å²) in [6, 6.07) is 13.7. The molecular weight excluding hydrogens is 360 g/mol. The van der Waals surface area contributed by atoms with Crippen LogP contribution >= 0.6 is 11.8 Å². The van der Waals surface area contributed by atoms with Gasteiger partial charge in [0.25, 0.3) is 0 Å². The van der Waals surface area contributed by atoms with Gasteiger partial charge in [0.15, 0.2) is 11.0 Å². The summed E-state index contributed by atoms with van der Waals surface area (Å²) in [7, 11) is 0. The first-order valence-electron chi connectivity index (χ1n) is 8.99. The van der Waals surface area contributed by atoms with E-state index in [-0.39, 0.29) is 11.2 Å². The summed E-state index contributed by atoms with van der Waals surface area (Å²) in [5, 5.41) is 9.10. The summed E-state index contributed by atoms with van der Waals surface area (Å²) in [6.07, 6.45) is 5.08. The highest BCUT2D eigenvalue weighted by atomic mass is 32.2. The molecule has 0 aliphatic carbocycles. The van der Waals surface area contributed by atoms with Crippen LogP contribution in [0.2, 0.25) is 0 Å². The van der Waals surface area contributed by atoms with Crippen LogP contribution in [0.25, 0.3) is 17.1 Å². The lowest BCUT2D eigenvalue weighted by atomic mass is 10.2. The van der Waals surface area contributed by atoms with E-state index in [0.717, 1.165) is 17.7 Å². The number of ether oxygens (including phenoxy) is 1. The third-order valence-corrected chi connectivity index (χ3v) is 5.10. The predicted molar refractivity (Wildman–Crippen MR) is 106 cm³/mol. The lowest BCUT2D eigenvalue weighted by molar-refractivity contribution is -0.142. The van der Waals surface area contributed by atoms with Crippen molar-refractivity contribution in [2.45, 2.75) is 37.1 Å². The van der Waals surface area contributed by atoms with Gasteiger partial charge < -0.3 is 4.74 Å². The third-order valence-electron chi connectivity index (χ3n) is 3.92. The third kappa shape index (κ3) is 4.54. The zero-order valence-corrected chi connectivity index (χ0v) is 16.2. The topological polar surface area (TPSA) is 69.9 Å². The van der Waals surface area contributed by atoms with E-state index >= 15 is 0 Å². The van der Waals surface area contributed by atoms with E-state index in [4.69, 9.17) is 4.74 Å². The van der Waals surface area contributed by atoms with Crippen LogP contribution in [-0.2, 0) is 9.53 Å². The molecule has 2 aromatic heterocycles. The summed E-state index contributed by atoms with van der Waals surface area (Å²) >= 11 is 1.39. The van der Waals surface area contributed by atoms with Crippen LogP contribution in [0.5, 0.6) is 0 Å². The average molecular weight is 382 g/mol. The quantitative estimate of drug-likeness (QED) is 0.430. The molecule has 2 heterocycles. The zero-order chi connectivity index (χ0) is 19.1. The monoisotopic (exact) mass is 382 g/mol. The fourth-order valence-corrected chi connectivity index (χ4v) is 3.85. The maximum Gasteiger partial charge on any atom is 0.319 e. The van der Waals surface area contributed by atoms with Crippen molar-refractivity contribution in [2.24, 2.45) is 0 Å². The molecule has 0 radical (unpaired) electrons. The first-order valence-corrected chi connectivity index (χ1v) is 9.87. The van der Waals surface area contributed by atoms with Crippen molar-refractivity contribution in [3.05, 3.63) is 54.9 Å². The molecule has 7 heteroatoms. The number of aromatic nitrogens is 4. The number of carbonyl (C=O) groups is 1. The van der Waals surface area contributed by atoms with E-state index in [1.54, 1.807) is 12.4 Å². The van der Waals surface area contributed by atoms with Gasteiger partial charge in [-0.2, -0.15) is 0 Å². The number of pyridine rings is 1. The summed E-state index contributed by atoms with van der Waals surface area (Å²) in [5.41, 5.74) is 1.80. The second kappa shape index (κ2) is 9.32. The lowest BCUT2D eigenvalue weighted by Crippen LogP contribution is -2.20. The second-order valence-electron chi connectivity index (χ2n) is 5.87. The highest BCUT2D eigenvalue weighted by Gasteiger charge is 2.25. The molecule has 1 aromatic carbocycles. The molecule has 3 rings (SSSR count). The molecule has 0 spiro atoms. The van der Waals surface area contributed by atoms with Gasteiger partial charge in [0.1, 0.15) is 5.25 Å². The number of hydrogen-bond acceptors (Lipinski definition) is 6. The number of nitrogens with zero attached hydrogens (tertiary/aromatic N) is 4. The van der Waals surface area contributed by atoms with Gasteiger partial charge in [-0.15, -0.1) is 10.2 Å². The minimum absolute atomic E-state index is 0.213. The van der Waals surface area contributed by atoms with Crippen LogP contribution in [0.1, 0.15) is 26.7 Å². The highest BCUT2D eigenvalue weighted by molar-refractivity contribution is 8.00. The fraction of sp³-hybridized carbons (Fsp3) is 0.300. The van der Waals surface area contributed by atoms with E-state index in [0.29, 0.717) is 24.0 Å². The SMILES string of the molecule is CCC[C@H](Sc1nnc(-c2cccnc2)n1-c1ccccc1)C(=O)OCC. The highest BCUT2D eigenvalue weighted by Crippen LogP contribution is 2.31. The van der Waals surface area contributed by atoms with Gasteiger partial charge in [-0.1, -0.05) is 43.3 Å².